The van der Waals surface area contributed by atoms with Gasteiger partial charge in [-0.05, 0) is 54.7 Å². The monoisotopic (exact) mass is 319 g/mol. The average Bonchev–Trinajstić information content (AvgIpc) is 3.41. The van der Waals surface area contributed by atoms with E-state index in [1.165, 1.54) is 12.1 Å². The Bertz CT molecular complexity index is 927. The zero-order valence-electron chi connectivity index (χ0n) is 13.3. The van der Waals surface area contributed by atoms with Gasteiger partial charge in [0.2, 0.25) is 0 Å². The molecule has 1 heterocycles. The number of allylic oxidation sites excluding steroid dienone is 1. The summed E-state index contributed by atoms with van der Waals surface area (Å²) < 4.78 is 13.4. The lowest BCUT2D eigenvalue weighted by molar-refractivity contribution is 0.481. The Morgan fingerprint density at radius 1 is 1.17 bits per heavy atom. The van der Waals surface area contributed by atoms with E-state index in [-0.39, 0.29) is 11.6 Å². The third kappa shape index (κ3) is 2.46. The maximum atomic E-state index is 13.4. The van der Waals surface area contributed by atoms with Crippen LogP contribution in [0.4, 0.5) is 4.39 Å². The van der Waals surface area contributed by atoms with Crippen LogP contribution in [0.25, 0.3) is 22.0 Å². The van der Waals surface area contributed by atoms with E-state index in [0.717, 1.165) is 46.1 Å². The third-order valence-corrected chi connectivity index (χ3v) is 4.57. The van der Waals surface area contributed by atoms with Crippen LogP contribution in [0.1, 0.15) is 30.0 Å². The molecule has 120 valence electrons. The SMILES string of the molecule is C=CCc1c(C2CC2)nc2cccc(O)c2c1-c1ccc(F)cc1. The van der Waals surface area contributed by atoms with E-state index in [4.69, 9.17) is 4.98 Å². The van der Waals surface area contributed by atoms with Crippen LogP contribution in [0, 0.1) is 5.82 Å². The van der Waals surface area contributed by atoms with Crippen LogP contribution >= 0.6 is 0 Å². The second-order valence-corrected chi connectivity index (χ2v) is 6.30. The van der Waals surface area contributed by atoms with E-state index in [9.17, 15) is 9.50 Å². The molecule has 24 heavy (non-hydrogen) atoms. The van der Waals surface area contributed by atoms with Crippen LogP contribution < -0.4 is 0 Å². The zero-order valence-corrected chi connectivity index (χ0v) is 13.3. The maximum Gasteiger partial charge on any atom is 0.125 e. The first-order valence-corrected chi connectivity index (χ1v) is 8.20. The lowest BCUT2D eigenvalue weighted by Crippen LogP contribution is -2.01. The van der Waals surface area contributed by atoms with Crippen LogP contribution in [-0.2, 0) is 6.42 Å². The highest BCUT2D eigenvalue weighted by Crippen LogP contribution is 2.46. The molecule has 1 aromatic heterocycles. The predicted octanol–water partition coefficient (Wildman–Crippen LogP) is 5.35. The molecule has 0 aliphatic heterocycles. The molecule has 2 aromatic carbocycles. The molecule has 0 atom stereocenters. The summed E-state index contributed by atoms with van der Waals surface area (Å²) in [5.41, 5.74) is 4.80. The summed E-state index contributed by atoms with van der Waals surface area (Å²) in [5.74, 6) is 0.409. The van der Waals surface area contributed by atoms with Crippen LogP contribution in [-0.4, -0.2) is 10.1 Å². The molecule has 1 N–H and O–H groups in total. The largest absolute Gasteiger partial charge is 0.507 e. The molecule has 3 heteroatoms. The first-order valence-electron chi connectivity index (χ1n) is 8.20. The smallest absolute Gasteiger partial charge is 0.125 e. The zero-order chi connectivity index (χ0) is 16.7. The summed E-state index contributed by atoms with van der Waals surface area (Å²) in [6, 6.07) is 11.8. The van der Waals surface area contributed by atoms with Gasteiger partial charge in [-0.1, -0.05) is 24.3 Å². The maximum absolute atomic E-state index is 13.4. The number of nitrogens with zero attached hydrogens (tertiary/aromatic N) is 1. The van der Waals surface area contributed by atoms with Gasteiger partial charge in [0.15, 0.2) is 0 Å². The van der Waals surface area contributed by atoms with Gasteiger partial charge in [0, 0.05) is 17.2 Å². The van der Waals surface area contributed by atoms with Crippen molar-refractivity contribution in [1.29, 1.82) is 0 Å². The number of pyridine rings is 1. The molecule has 0 spiro atoms. The molecule has 1 saturated carbocycles. The fourth-order valence-corrected chi connectivity index (χ4v) is 3.33. The molecule has 0 unspecified atom stereocenters. The molecule has 3 aromatic rings. The quantitative estimate of drug-likeness (QED) is 0.657. The highest BCUT2D eigenvalue weighted by molar-refractivity contribution is 6.00. The lowest BCUT2D eigenvalue weighted by atomic mass is 9.90. The molecular weight excluding hydrogens is 301 g/mol. The van der Waals surface area contributed by atoms with E-state index in [0.29, 0.717) is 12.3 Å². The highest BCUT2D eigenvalue weighted by atomic mass is 19.1. The van der Waals surface area contributed by atoms with Crippen molar-refractivity contribution in [3.8, 4) is 16.9 Å². The molecule has 0 radical (unpaired) electrons. The summed E-state index contributed by atoms with van der Waals surface area (Å²) in [6.45, 7) is 3.88. The van der Waals surface area contributed by atoms with Crippen molar-refractivity contribution >= 4 is 10.9 Å². The number of aromatic hydroxyl groups is 1. The van der Waals surface area contributed by atoms with E-state index in [1.54, 1.807) is 18.2 Å². The van der Waals surface area contributed by atoms with Gasteiger partial charge in [0.25, 0.3) is 0 Å². The van der Waals surface area contributed by atoms with Crippen molar-refractivity contribution in [2.45, 2.75) is 25.2 Å². The van der Waals surface area contributed by atoms with Crippen LogP contribution in [0.2, 0.25) is 0 Å². The Morgan fingerprint density at radius 2 is 1.92 bits per heavy atom. The number of hydrogen-bond acceptors (Lipinski definition) is 2. The second kappa shape index (κ2) is 5.75. The number of aromatic nitrogens is 1. The number of hydrogen-bond donors (Lipinski definition) is 1. The third-order valence-electron chi connectivity index (χ3n) is 4.57. The lowest BCUT2D eigenvalue weighted by Gasteiger charge is -2.17. The van der Waals surface area contributed by atoms with Gasteiger partial charge < -0.3 is 5.11 Å². The Kier molecular flexibility index (Phi) is 3.57. The summed E-state index contributed by atoms with van der Waals surface area (Å²) in [5, 5.41) is 11.2. The highest BCUT2D eigenvalue weighted by Gasteiger charge is 2.30. The van der Waals surface area contributed by atoms with Gasteiger partial charge in [-0.15, -0.1) is 6.58 Å². The van der Waals surface area contributed by atoms with Crippen LogP contribution in [0.5, 0.6) is 5.75 Å². The Morgan fingerprint density at radius 3 is 2.58 bits per heavy atom. The Balaban J connectivity index is 2.11. The molecule has 1 aliphatic rings. The molecule has 0 bridgehead atoms. The predicted molar refractivity (Wildman–Crippen MR) is 94.7 cm³/mol. The molecule has 2 nitrogen and oxygen atoms in total. The van der Waals surface area contributed by atoms with Crippen molar-refractivity contribution in [3.63, 3.8) is 0 Å². The fourth-order valence-electron chi connectivity index (χ4n) is 3.33. The normalized spacial score (nSPS) is 14.0. The van der Waals surface area contributed by atoms with Crippen molar-refractivity contribution < 1.29 is 9.50 Å². The van der Waals surface area contributed by atoms with E-state index < -0.39 is 0 Å². The minimum Gasteiger partial charge on any atom is -0.507 e. The average molecular weight is 319 g/mol. The minimum absolute atomic E-state index is 0.201. The number of phenols is 1. The number of phenolic OH excluding ortho intramolecular Hbond substituents is 1. The number of halogens is 1. The van der Waals surface area contributed by atoms with Crippen molar-refractivity contribution in [3.05, 3.63) is 72.2 Å². The summed E-state index contributed by atoms with van der Waals surface area (Å²) >= 11 is 0. The van der Waals surface area contributed by atoms with Crippen molar-refractivity contribution in [2.24, 2.45) is 0 Å². The minimum atomic E-state index is -0.269. The first kappa shape index (κ1) is 14.9. The van der Waals surface area contributed by atoms with Crippen LogP contribution in [0.15, 0.2) is 55.1 Å². The van der Waals surface area contributed by atoms with Gasteiger partial charge in [-0.2, -0.15) is 0 Å². The molecule has 4 rings (SSSR count). The fraction of sp³-hybridized carbons (Fsp3) is 0.190. The Hall–Kier alpha value is -2.68. The number of benzene rings is 2. The van der Waals surface area contributed by atoms with Gasteiger partial charge in [0.1, 0.15) is 11.6 Å². The Labute approximate surface area is 140 Å². The standard InChI is InChI=1S/C21H18FNO/c1-2-4-16-19(13-9-11-15(22)12-10-13)20-17(5-3-6-18(20)24)23-21(16)14-7-8-14/h2-3,5-6,9-12,14,24H,1,4,7-8H2. The molecule has 0 amide bonds. The summed E-state index contributed by atoms with van der Waals surface area (Å²) in [4.78, 5) is 4.84. The van der Waals surface area contributed by atoms with Gasteiger partial charge in [-0.25, -0.2) is 4.39 Å². The number of fused-ring (bicyclic) bond motifs is 1. The molecule has 1 fully saturated rings. The number of rotatable bonds is 4. The van der Waals surface area contributed by atoms with E-state index in [1.807, 2.05) is 18.2 Å². The van der Waals surface area contributed by atoms with Gasteiger partial charge in [0.05, 0.1) is 10.9 Å². The molecule has 0 saturated heterocycles. The van der Waals surface area contributed by atoms with Gasteiger partial charge in [-0.3, -0.25) is 4.98 Å². The van der Waals surface area contributed by atoms with Gasteiger partial charge >= 0.3 is 0 Å². The van der Waals surface area contributed by atoms with Crippen LogP contribution in [0.3, 0.4) is 0 Å². The molecular formula is C21H18FNO. The first-order chi connectivity index (χ1) is 11.7. The summed E-state index contributed by atoms with van der Waals surface area (Å²) in [6.07, 6.45) is 4.83. The van der Waals surface area contributed by atoms with E-state index >= 15 is 0 Å². The molecule has 1 aliphatic carbocycles. The van der Waals surface area contributed by atoms with Crippen molar-refractivity contribution in [2.75, 3.05) is 0 Å². The topological polar surface area (TPSA) is 33.1 Å². The van der Waals surface area contributed by atoms with Crippen molar-refractivity contribution in [1.82, 2.24) is 4.98 Å². The summed E-state index contributed by atoms with van der Waals surface area (Å²) in [7, 11) is 0. The second-order valence-electron chi connectivity index (χ2n) is 6.30. The van der Waals surface area contributed by atoms with E-state index in [2.05, 4.69) is 6.58 Å².